The Kier molecular flexibility index (Phi) is 6.40. The van der Waals surface area contributed by atoms with Gasteiger partial charge in [0.05, 0.1) is 18.7 Å². The summed E-state index contributed by atoms with van der Waals surface area (Å²) in [5.74, 6) is -0.696. The smallest absolute Gasteiger partial charge is 0.289 e. The number of benzene rings is 1. The SMILES string of the molecule is CN(Cc1ccccc1)C(=O)CC1OC(CNC(=O)c2ccno2)C(O)C1O. The number of carbonyl (C=O) groups is 2. The van der Waals surface area contributed by atoms with Crippen molar-refractivity contribution >= 4 is 11.8 Å². The van der Waals surface area contributed by atoms with E-state index in [1.807, 2.05) is 30.3 Å². The van der Waals surface area contributed by atoms with Gasteiger partial charge < -0.3 is 29.7 Å². The van der Waals surface area contributed by atoms with Gasteiger partial charge in [0.25, 0.3) is 5.91 Å². The molecule has 0 spiro atoms. The summed E-state index contributed by atoms with van der Waals surface area (Å²) in [6.07, 6.45) is -2.86. The fraction of sp³-hybridized carbons (Fsp3) is 0.421. The molecule has 0 radical (unpaired) electrons. The van der Waals surface area contributed by atoms with Crippen molar-refractivity contribution in [2.75, 3.05) is 13.6 Å². The molecule has 9 nitrogen and oxygen atoms in total. The fourth-order valence-electron chi connectivity index (χ4n) is 3.05. The number of aliphatic hydroxyl groups is 2. The van der Waals surface area contributed by atoms with Gasteiger partial charge >= 0.3 is 0 Å². The van der Waals surface area contributed by atoms with Crippen molar-refractivity contribution in [1.29, 1.82) is 0 Å². The van der Waals surface area contributed by atoms with Gasteiger partial charge in [0, 0.05) is 26.2 Å². The first-order valence-electron chi connectivity index (χ1n) is 8.94. The third-order valence-electron chi connectivity index (χ3n) is 4.65. The fourth-order valence-corrected chi connectivity index (χ4v) is 3.05. The second kappa shape index (κ2) is 8.96. The van der Waals surface area contributed by atoms with Crippen molar-refractivity contribution in [1.82, 2.24) is 15.4 Å². The summed E-state index contributed by atoms with van der Waals surface area (Å²) in [5, 5.41) is 26.4. The van der Waals surface area contributed by atoms with Crippen molar-refractivity contribution in [3.05, 3.63) is 53.9 Å². The molecule has 3 rings (SSSR count). The molecule has 9 heteroatoms. The molecule has 2 amide bonds. The van der Waals surface area contributed by atoms with E-state index in [0.717, 1.165) is 5.56 Å². The third kappa shape index (κ3) is 4.75. The van der Waals surface area contributed by atoms with E-state index < -0.39 is 30.3 Å². The van der Waals surface area contributed by atoms with E-state index in [2.05, 4.69) is 10.5 Å². The maximum absolute atomic E-state index is 12.4. The molecule has 1 aromatic heterocycles. The zero-order valence-corrected chi connectivity index (χ0v) is 15.4. The van der Waals surface area contributed by atoms with Gasteiger partial charge in [-0.15, -0.1) is 0 Å². The number of nitrogens with zero attached hydrogens (tertiary/aromatic N) is 2. The van der Waals surface area contributed by atoms with Crippen molar-refractivity contribution in [2.24, 2.45) is 0 Å². The maximum Gasteiger partial charge on any atom is 0.289 e. The second-order valence-corrected chi connectivity index (χ2v) is 6.72. The molecule has 1 aliphatic heterocycles. The third-order valence-corrected chi connectivity index (χ3v) is 4.65. The zero-order valence-electron chi connectivity index (χ0n) is 15.4. The molecule has 4 unspecified atom stereocenters. The normalized spacial score (nSPS) is 24.1. The standard InChI is InChI=1S/C19H23N3O6/c1-22(11-12-5-3-2-4-6-12)16(23)9-14-17(24)18(25)15(27-14)10-20-19(26)13-7-8-21-28-13/h2-8,14-15,17-18,24-25H,9-11H2,1H3,(H,20,26). The molecule has 28 heavy (non-hydrogen) atoms. The highest BCUT2D eigenvalue weighted by molar-refractivity contribution is 5.91. The van der Waals surface area contributed by atoms with Crippen LogP contribution in [-0.2, 0) is 16.1 Å². The van der Waals surface area contributed by atoms with Crippen LogP contribution < -0.4 is 5.32 Å². The molecule has 4 atom stereocenters. The highest BCUT2D eigenvalue weighted by Crippen LogP contribution is 2.24. The van der Waals surface area contributed by atoms with E-state index in [1.165, 1.54) is 17.2 Å². The van der Waals surface area contributed by atoms with Crippen LogP contribution in [0, 0.1) is 0 Å². The zero-order chi connectivity index (χ0) is 20.1. The molecular formula is C19H23N3O6. The van der Waals surface area contributed by atoms with E-state index in [1.54, 1.807) is 7.05 Å². The Hall–Kier alpha value is -2.75. The summed E-state index contributed by atoms with van der Waals surface area (Å²) in [5.41, 5.74) is 0.985. The highest BCUT2D eigenvalue weighted by atomic mass is 16.5. The predicted molar refractivity (Wildman–Crippen MR) is 97.0 cm³/mol. The number of carbonyl (C=O) groups excluding carboxylic acids is 2. The summed E-state index contributed by atoms with van der Waals surface area (Å²) in [6.45, 7) is 0.393. The number of ether oxygens (including phenoxy) is 1. The lowest BCUT2D eigenvalue weighted by Crippen LogP contribution is -2.40. The molecule has 0 bridgehead atoms. The number of aromatic nitrogens is 1. The molecule has 2 aromatic rings. The average Bonchev–Trinajstić information content (AvgIpc) is 3.32. The minimum atomic E-state index is -1.22. The molecule has 1 aliphatic rings. The number of hydrogen-bond acceptors (Lipinski definition) is 7. The average molecular weight is 389 g/mol. The van der Waals surface area contributed by atoms with E-state index in [4.69, 9.17) is 9.26 Å². The Morgan fingerprint density at radius 1 is 1.14 bits per heavy atom. The first kappa shape index (κ1) is 20.0. The summed E-state index contributed by atoms with van der Waals surface area (Å²) in [4.78, 5) is 25.9. The summed E-state index contributed by atoms with van der Waals surface area (Å²) >= 11 is 0. The van der Waals surface area contributed by atoms with Crippen molar-refractivity contribution in [3.8, 4) is 0 Å². The van der Waals surface area contributed by atoms with E-state index >= 15 is 0 Å². The van der Waals surface area contributed by atoms with Gasteiger partial charge in [0.2, 0.25) is 11.7 Å². The maximum atomic E-state index is 12.4. The predicted octanol–water partition coefficient (Wildman–Crippen LogP) is -0.0577. The first-order valence-corrected chi connectivity index (χ1v) is 8.94. The van der Waals surface area contributed by atoms with Gasteiger partial charge in [-0.1, -0.05) is 35.5 Å². The van der Waals surface area contributed by atoms with E-state index in [9.17, 15) is 19.8 Å². The topological polar surface area (TPSA) is 125 Å². The highest BCUT2D eigenvalue weighted by Gasteiger charge is 2.43. The Labute approximate surface area is 161 Å². The summed E-state index contributed by atoms with van der Waals surface area (Å²) < 4.78 is 10.4. The molecule has 150 valence electrons. The van der Waals surface area contributed by atoms with Gasteiger partial charge in [0.1, 0.15) is 18.3 Å². The molecule has 3 N–H and O–H groups in total. The van der Waals surface area contributed by atoms with Gasteiger partial charge in [-0.2, -0.15) is 0 Å². The van der Waals surface area contributed by atoms with Gasteiger partial charge in [0.15, 0.2) is 0 Å². The Morgan fingerprint density at radius 3 is 2.54 bits per heavy atom. The largest absolute Gasteiger partial charge is 0.388 e. The van der Waals surface area contributed by atoms with Crippen LogP contribution in [0.4, 0.5) is 0 Å². The number of rotatable bonds is 7. The van der Waals surface area contributed by atoms with Crippen LogP contribution in [0.5, 0.6) is 0 Å². The second-order valence-electron chi connectivity index (χ2n) is 6.72. The molecule has 0 aliphatic carbocycles. The molecule has 1 saturated heterocycles. The molecule has 2 heterocycles. The first-order chi connectivity index (χ1) is 13.5. The van der Waals surface area contributed by atoms with Gasteiger partial charge in [-0.3, -0.25) is 9.59 Å². The minimum absolute atomic E-state index is 0.0299. The van der Waals surface area contributed by atoms with Crippen LogP contribution in [-0.4, -0.2) is 70.1 Å². The van der Waals surface area contributed by atoms with Crippen LogP contribution in [0.25, 0.3) is 0 Å². The van der Waals surface area contributed by atoms with Crippen LogP contribution in [0.2, 0.25) is 0 Å². The molecule has 0 saturated carbocycles. The Morgan fingerprint density at radius 2 is 1.86 bits per heavy atom. The van der Waals surface area contributed by atoms with Crippen LogP contribution >= 0.6 is 0 Å². The number of aliphatic hydroxyl groups excluding tert-OH is 2. The van der Waals surface area contributed by atoms with Crippen LogP contribution in [0.3, 0.4) is 0 Å². The molecule has 1 aromatic carbocycles. The quantitative estimate of drug-likeness (QED) is 0.606. The van der Waals surface area contributed by atoms with Crippen LogP contribution in [0.1, 0.15) is 22.5 Å². The Bertz CT molecular complexity index is 782. The lowest BCUT2D eigenvalue weighted by Gasteiger charge is -2.21. The van der Waals surface area contributed by atoms with Gasteiger partial charge in [-0.05, 0) is 5.56 Å². The van der Waals surface area contributed by atoms with Crippen molar-refractivity contribution in [3.63, 3.8) is 0 Å². The van der Waals surface area contributed by atoms with E-state index in [0.29, 0.717) is 6.54 Å². The Balaban J connectivity index is 1.50. The number of amides is 2. The molecular weight excluding hydrogens is 366 g/mol. The van der Waals surface area contributed by atoms with E-state index in [-0.39, 0.29) is 24.6 Å². The van der Waals surface area contributed by atoms with Gasteiger partial charge in [-0.25, -0.2) is 0 Å². The lowest BCUT2D eigenvalue weighted by atomic mass is 10.0. The van der Waals surface area contributed by atoms with Crippen molar-refractivity contribution in [2.45, 2.75) is 37.4 Å². The monoisotopic (exact) mass is 389 g/mol. The number of hydrogen-bond donors (Lipinski definition) is 3. The number of nitrogens with one attached hydrogen (secondary N) is 1. The summed E-state index contributed by atoms with van der Waals surface area (Å²) in [6, 6.07) is 10.9. The van der Waals surface area contributed by atoms with Crippen molar-refractivity contribution < 1.29 is 29.1 Å². The minimum Gasteiger partial charge on any atom is -0.388 e. The van der Waals surface area contributed by atoms with Crippen LogP contribution in [0.15, 0.2) is 47.1 Å². The lowest BCUT2D eigenvalue weighted by molar-refractivity contribution is -0.134. The summed E-state index contributed by atoms with van der Waals surface area (Å²) in [7, 11) is 1.67. The molecule has 1 fully saturated rings.